The van der Waals surface area contributed by atoms with Crippen LogP contribution in [0.5, 0.6) is 0 Å². The molecule has 25 heavy (non-hydrogen) atoms. The zero-order valence-corrected chi connectivity index (χ0v) is 14.5. The maximum absolute atomic E-state index is 12.2. The number of primary sulfonamides is 1. The number of aromatic nitrogens is 2. The summed E-state index contributed by atoms with van der Waals surface area (Å²) in [7, 11) is -3.68. The molecular weight excluding hydrogens is 340 g/mol. The Balaban J connectivity index is 1.60. The number of benzene rings is 1. The van der Waals surface area contributed by atoms with E-state index in [1.807, 2.05) is 17.5 Å². The first-order chi connectivity index (χ1) is 11.8. The first kappa shape index (κ1) is 17.1. The summed E-state index contributed by atoms with van der Waals surface area (Å²) in [5.41, 5.74) is 3.07. The van der Waals surface area contributed by atoms with Crippen LogP contribution >= 0.6 is 0 Å². The van der Waals surface area contributed by atoms with E-state index in [1.165, 1.54) is 12.1 Å². The van der Waals surface area contributed by atoms with Crippen molar-refractivity contribution in [1.82, 2.24) is 14.7 Å². The summed E-state index contributed by atoms with van der Waals surface area (Å²) in [6, 6.07) is 9.77. The fraction of sp³-hybridized carbons (Fsp3) is 0.176. The van der Waals surface area contributed by atoms with Gasteiger partial charge in [-0.15, -0.1) is 0 Å². The standard InChI is InChI=1S/C17H18N4O3S/c1-12-11-21-9-7-14(10-16(21)20-12)17(22)19-8-6-13-2-4-15(5-3-13)25(18,23)24/h2-5,7,9-11H,6,8H2,1H3,(H,19,22)(H2,18,23,24). The van der Waals surface area contributed by atoms with Crippen molar-refractivity contribution in [3.8, 4) is 0 Å². The van der Waals surface area contributed by atoms with Crippen molar-refractivity contribution in [2.45, 2.75) is 18.2 Å². The van der Waals surface area contributed by atoms with Crippen molar-refractivity contribution < 1.29 is 13.2 Å². The molecule has 1 aromatic carbocycles. The number of sulfonamides is 1. The van der Waals surface area contributed by atoms with Crippen LogP contribution < -0.4 is 10.5 Å². The number of pyridine rings is 1. The summed E-state index contributed by atoms with van der Waals surface area (Å²) in [5.74, 6) is -0.177. The number of carbonyl (C=O) groups excluding carboxylic acids is 1. The van der Waals surface area contributed by atoms with E-state index in [4.69, 9.17) is 5.14 Å². The Morgan fingerprint density at radius 2 is 1.96 bits per heavy atom. The fourth-order valence-electron chi connectivity index (χ4n) is 2.52. The molecule has 2 heterocycles. The number of aryl methyl sites for hydroxylation is 1. The Bertz CT molecular complexity index is 1020. The molecule has 2 aromatic heterocycles. The lowest BCUT2D eigenvalue weighted by Crippen LogP contribution is -2.25. The number of nitrogens with one attached hydrogen (secondary N) is 1. The SMILES string of the molecule is Cc1cn2ccc(C(=O)NCCc3ccc(S(N)(=O)=O)cc3)cc2n1. The Kier molecular flexibility index (Phi) is 4.56. The second kappa shape index (κ2) is 6.66. The second-order valence-electron chi connectivity index (χ2n) is 5.76. The van der Waals surface area contributed by atoms with Gasteiger partial charge in [-0.05, 0) is 43.2 Å². The number of hydrogen-bond acceptors (Lipinski definition) is 4. The minimum atomic E-state index is -3.68. The molecule has 3 N–H and O–H groups in total. The van der Waals surface area contributed by atoms with Gasteiger partial charge < -0.3 is 9.72 Å². The first-order valence-electron chi connectivity index (χ1n) is 7.68. The van der Waals surface area contributed by atoms with E-state index in [0.717, 1.165) is 16.9 Å². The zero-order chi connectivity index (χ0) is 18.0. The summed E-state index contributed by atoms with van der Waals surface area (Å²) in [6.45, 7) is 2.33. The molecule has 0 fully saturated rings. The van der Waals surface area contributed by atoms with Gasteiger partial charge in [0, 0.05) is 24.5 Å². The lowest BCUT2D eigenvalue weighted by molar-refractivity contribution is 0.0954. The first-order valence-corrected chi connectivity index (χ1v) is 9.23. The van der Waals surface area contributed by atoms with Crippen LogP contribution in [0.4, 0.5) is 0 Å². The van der Waals surface area contributed by atoms with E-state index < -0.39 is 10.0 Å². The Hall–Kier alpha value is -2.71. The highest BCUT2D eigenvalue weighted by atomic mass is 32.2. The number of amides is 1. The van der Waals surface area contributed by atoms with Crippen LogP contribution in [-0.2, 0) is 16.4 Å². The van der Waals surface area contributed by atoms with Crippen molar-refractivity contribution >= 4 is 21.6 Å². The number of nitrogens with zero attached hydrogens (tertiary/aromatic N) is 2. The van der Waals surface area contributed by atoms with Gasteiger partial charge in [-0.2, -0.15) is 0 Å². The third-order valence-electron chi connectivity index (χ3n) is 3.79. The minimum absolute atomic E-state index is 0.0728. The summed E-state index contributed by atoms with van der Waals surface area (Å²) < 4.78 is 24.3. The molecule has 130 valence electrons. The second-order valence-corrected chi connectivity index (χ2v) is 7.32. The monoisotopic (exact) mass is 358 g/mol. The highest BCUT2D eigenvalue weighted by Gasteiger charge is 2.09. The normalized spacial score (nSPS) is 11.6. The van der Waals surface area contributed by atoms with Crippen molar-refractivity contribution in [2.24, 2.45) is 5.14 Å². The molecule has 3 aromatic rings. The molecule has 3 rings (SSSR count). The average molecular weight is 358 g/mol. The van der Waals surface area contributed by atoms with Gasteiger partial charge in [-0.3, -0.25) is 4.79 Å². The highest BCUT2D eigenvalue weighted by Crippen LogP contribution is 2.10. The van der Waals surface area contributed by atoms with E-state index in [-0.39, 0.29) is 10.8 Å². The van der Waals surface area contributed by atoms with E-state index in [2.05, 4.69) is 10.3 Å². The van der Waals surface area contributed by atoms with Crippen LogP contribution in [0.25, 0.3) is 5.65 Å². The molecule has 0 spiro atoms. The molecule has 1 amide bonds. The predicted molar refractivity (Wildman–Crippen MR) is 93.8 cm³/mol. The van der Waals surface area contributed by atoms with Gasteiger partial charge in [0.25, 0.3) is 5.91 Å². The molecule has 0 aliphatic rings. The van der Waals surface area contributed by atoms with E-state index in [1.54, 1.807) is 30.5 Å². The number of hydrogen-bond donors (Lipinski definition) is 2. The summed E-state index contributed by atoms with van der Waals surface area (Å²) in [4.78, 5) is 16.6. The van der Waals surface area contributed by atoms with Gasteiger partial charge in [0.1, 0.15) is 5.65 Å². The fourth-order valence-corrected chi connectivity index (χ4v) is 3.03. The predicted octanol–water partition coefficient (Wildman–Crippen LogP) is 1.26. The molecule has 0 radical (unpaired) electrons. The van der Waals surface area contributed by atoms with Gasteiger partial charge in [-0.25, -0.2) is 18.5 Å². The maximum atomic E-state index is 12.2. The van der Waals surface area contributed by atoms with Crippen LogP contribution in [0.2, 0.25) is 0 Å². The van der Waals surface area contributed by atoms with E-state index in [0.29, 0.717) is 18.5 Å². The number of imidazole rings is 1. The van der Waals surface area contributed by atoms with Gasteiger partial charge in [0.05, 0.1) is 10.6 Å². The summed E-state index contributed by atoms with van der Waals surface area (Å²) in [6.07, 6.45) is 4.28. The Labute approximate surface area is 145 Å². The van der Waals surface area contributed by atoms with Crippen LogP contribution in [-0.4, -0.2) is 30.3 Å². The number of carbonyl (C=O) groups is 1. The van der Waals surface area contributed by atoms with Crippen molar-refractivity contribution in [3.63, 3.8) is 0 Å². The molecule has 0 saturated carbocycles. The summed E-state index contributed by atoms with van der Waals surface area (Å²) in [5, 5.41) is 7.91. The molecule has 0 bridgehead atoms. The quantitative estimate of drug-likeness (QED) is 0.716. The summed E-state index contributed by atoms with van der Waals surface area (Å²) >= 11 is 0. The molecule has 0 aliphatic carbocycles. The van der Waals surface area contributed by atoms with Crippen LogP contribution in [0.3, 0.4) is 0 Å². The van der Waals surface area contributed by atoms with Gasteiger partial charge in [-0.1, -0.05) is 12.1 Å². The third-order valence-corrected chi connectivity index (χ3v) is 4.72. The highest BCUT2D eigenvalue weighted by molar-refractivity contribution is 7.89. The lowest BCUT2D eigenvalue weighted by atomic mass is 10.1. The molecule has 0 saturated heterocycles. The molecule has 0 aliphatic heterocycles. The van der Waals surface area contributed by atoms with Crippen molar-refractivity contribution in [3.05, 3.63) is 65.6 Å². The van der Waals surface area contributed by atoms with Gasteiger partial charge in [0.2, 0.25) is 10.0 Å². The van der Waals surface area contributed by atoms with Crippen LogP contribution in [0, 0.1) is 6.92 Å². The van der Waals surface area contributed by atoms with E-state index in [9.17, 15) is 13.2 Å². The lowest BCUT2D eigenvalue weighted by Gasteiger charge is -2.06. The van der Waals surface area contributed by atoms with Crippen LogP contribution in [0.1, 0.15) is 21.6 Å². The topological polar surface area (TPSA) is 107 Å². The van der Waals surface area contributed by atoms with Crippen molar-refractivity contribution in [1.29, 1.82) is 0 Å². The molecule has 8 heteroatoms. The Morgan fingerprint density at radius 1 is 1.24 bits per heavy atom. The van der Waals surface area contributed by atoms with Crippen LogP contribution in [0.15, 0.2) is 53.7 Å². The molecule has 0 atom stereocenters. The molecular formula is C17H18N4O3S. The number of nitrogens with two attached hydrogens (primary N) is 1. The smallest absolute Gasteiger partial charge is 0.251 e. The third kappa shape index (κ3) is 4.04. The average Bonchev–Trinajstić information content (AvgIpc) is 2.93. The van der Waals surface area contributed by atoms with Gasteiger partial charge >= 0.3 is 0 Å². The number of fused-ring (bicyclic) bond motifs is 1. The Morgan fingerprint density at radius 3 is 2.64 bits per heavy atom. The zero-order valence-electron chi connectivity index (χ0n) is 13.6. The largest absolute Gasteiger partial charge is 0.352 e. The van der Waals surface area contributed by atoms with Crippen molar-refractivity contribution in [2.75, 3.05) is 6.54 Å². The molecule has 7 nitrogen and oxygen atoms in total. The molecule has 0 unspecified atom stereocenters. The minimum Gasteiger partial charge on any atom is -0.352 e. The van der Waals surface area contributed by atoms with Gasteiger partial charge in [0.15, 0.2) is 0 Å². The maximum Gasteiger partial charge on any atom is 0.251 e. The van der Waals surface area contributed by atoms with E-state index >= 15 is 0 Å². The number of rotatable bonds is 5.